The topological polar surface area (TPSA) is 99.7 Å². The summed E-state index contributed by atoms with van der Waals surface area (Å²) in [5.41, 5.74) is -0.1000. The van der Waals surface area contributed by atoms with Gasteiger partial charge >= 0.3 is 5.97 Å². The van der Waals surface area contributed by atoms with Gasteiger partial charge in [-0.2, -0.15) is 0 Å². The highest BCUT2D eigenvalue weighted by Crippen LogP contribution is 2.08. The molecular formula is C16H16N2O5. The molecule has 0 aliphatic heterocycles. The number of nitrogens with one attached hydrogen (secondary N) is 1. The molecule has 0 aliphatic rings. The molecule has 120 valence electrons. The fourth-order valence-electron chi connectivity index (χ4n) is 2.08. The molecule has 7 heteroatoms. The first kappa shape index (κ1) is 16.4. The Hall–Kier alpha value is -2.93. The molecule has 1 aromatic carbocycles. The Kier molecular flexibility index (Phi) is 5.27. The van der Waals surface area contributed by atoms with E-state index < -0.39 is 17.3 Å². The Labute approximate surface area is 132 Å². The molecule has 7 nitrogen and oxygen atoms in total. The Morgan fingerprint density at radius 2 is 1.83 bits per heavy atom. The molecule has 1 aromatic heterocycles. The van der Waals surface area contributed by atoms with Gasteiger partial charge in [0, 0.05) is 25.8 Å². The van der Waals surface area contributed by atoms with Gasteiger partial charge in [-0.1, -0.05) is 30.3 Å². The van der Waals surface area contributed by atoms with Crippen molar-refractivity contribution in [3.8, 4) is 0 Å². The molecule has 0 aliphatic carbocycles. The van der Waals surface area contributed by atoms with E-state index in [1.54, 1.807) is 0 Å². The molecule has 0 bridgehead atoms. The summed E-state index contributed by atoms with van der Waals surface area (Å²) in [4.78, 5) is 38.9. The predicted molar refractivity (Wildman–Crippen MR) is 82.2 cm³/mol. The summed E-state index contributed by atoms with van der Waals surface area (Å²) in [6.45, 7) is 0.278. The fraction of sp³-hybridized carbons (Fsp3) is 0.188. The van der Waals surface area contributed by atoms with E-state index >= 15 is 0 Å². The molecule has 0 radical (unpaired) electrons. The number of benzene rings is 1. The molecule has 0 fully saturated rings. The van der Waals surface area contributed by atoms with Crippen LogP contribution in [0, 0.1) is 0 Å². The number of methoxy groups -OCH3 is 1. The summed E-state index contributed by atoms with van der Waals surface area (Å²) in [7, 11) is 1.45. The SMILES string of the molecule is COCN(Cc1ccccc1)C(=O)c1cc(=O)cc(C(=O)O)[nH]1. The molecule has 1 heterocycles. The second-order valence-electron chi connectivity index (χ2n) is 4.86. The molecule has 0 spiro atoms. The maximum absolute atomic E-state index is 12.5. The van der Waals surface area contributed by atoms with E-state index in [1.165, 1.54) is 12.0 Å². The van der Waals surface area contributed by atoms with E-state index in [4.69, 9.17) is 9.84 Å². The van der Waals surface area contributed by atoms with Gasteiger partial charge in [0.15, 0.2) is 5.43 Å². The third-order valence-corrected chi connectivity index (χ3v) is 3.09. The van der Waals surface area contributed by atoms with Crippen molar-refractivity contribution in [3.05, 3.63) is 69.6 Å². The molecular weight excluding hydrogens is 300 g/mol. The highest BCUT2D eigenvalue weighted by atomic mass is 16.5. The van der Waals surface area contributed by atoms with Crippen LogP contribution in [0.3, 0.4) is 0 Å². The summed E-state index contributed by atoms with van der Waals surface area (Å²) < 4.78 is 5.02. The predicted octanol–water partition coefficient (Wildman–Crippen LogP) is 1.32. The number of amides is 1. The van der Waals surface area contributed by atoms with Gasteiger partial charge in [-0.15, -0.1) is 0 Å². The number of carboxylic acids is 1. The first-order valence-electron chi connectivity index (χ1n) is 6.81. The zero-order valence-electron chi connectivity index (χ0n) is 12.5. The van der Waals surface area contributed by atoms with Crippen LogP contribution in [0.5, 0.6) is 0 Å². The first-order valence-corrected chi connectivity index (χ1v) is 6.81. The van der Waals surface area contributed by atoms with Gasteiger partial charge in [0.2, 0.25) is 0 Å². The fourth-order valence-corrected chi connectivity index (χ4v) is 2.08. The monoisotopic (exact) mass is 316 g/mol. The van der Waals surface area contributed by atoms with Gasteiger partial charge in [-0.05, 0) is 5.56 Å². The highest BCUT2D eigenvalue weighted by molar-refractivity contribution is 5.94. The highest BCUT2D eigenvalue weighted by Gasteiger charge is 2.19. The quantitative estimate of drug-likeness (QED) is 0.783. The third kappa shape index (κ3) is 4.27. The molecule has 0 unspecified atom stereocenters. The third-order valence-electron chi connectivity index (χ3n) is 3.09. The van der Waals surface area contributed by atoms with Gasteiger partial charge < -0.3 is 19.7 Å². The van der Waals surface area contributed by atoms with E-state index in [2.05, 4.69) is 4.98 Å². The van der Waals surface area contributed by atoms with Gasteiger partial charge in [0.1, 0.15) is 18.1 Å². The van der Waals surface area contributed by atoms with Crippen molar-refractivity contribution in [3.63, 3.8) is 0 Å². The minimum Gasteiger partial charge on any atom is -0.477 e. The molecule has 2 rings (SSSR count). The second kappa shape index (κ2) is 7.37. The number of carboxylic acid groups (broad SMARTS) is 1. The molecule has 2 aromatic rings. The average molecular weight is 316 g/mol. The zero-order valence-corrected chi connectivity index (χ0v) is 12.5. The van der Waals surface area contributed by atoms with E-state index in [0.717, 1.165) is 17.7 Å². The molecule has 0 saturated carbocycles. The number of nitrogens with zero attached hydrogens (tertiary/aromatic N) is 1. The number of aromatic nitrogens is 1. The summed E-state index contributed by atoms with van der Waals surface area (Å²) in [5, 5.41) is 8.97. The van der Waals surface area contributed by atoms with Crippen molar-refractivity contribution in [1.82, 2.24) is 9.88 Å². The molecule has 0 atom stereocenters. The Morgan fingerprint density at radius 1 is 1.17 bits per heavy atom. The van der Waals surface area contributed by atoms with Crippen molar-refractivity contribution >= 4 is 11.9 Å². The van der Waals surface area contributed by atoms with Crippen LogP contribution in [0.15, 0.2) is 47.3 Å². The van der Waals surface area contributed by atoms with Crippen LogP contribution >= 0.6 is 0 Å². The van der Waals surface area contributed by atoms with Crippen LogP contribution in [0.25, 0.3) is 0 Å². The number of carbonyl (C=O) groups excluding carboxylic acids is 1. The minimum absolute atomic E-state index is 0.00700. The van der Waals surface area contributed by atoms with Gasteiger partial charge in [-0.3, -0.25) is 9.59 Å². The maximum Gasteiger partial charge on any atom is 0.352 e. The zero-order chi connectivity index (χ0) is 16.8. The van der Waals surface area contributed by atoms with E-state index in [1.807, 2.05) is 30.3 Å². The molecule has 0 saturated heterocycles. The number of pyridine rings is 1. The van der Waals surface area contributed by atoms with Crippen molar-refractivity contribution < 1.29 is 19.4 Å². The van der Waals surface area contributed by atoms with Crippen molar-refractivity contribution in [1.29, 1.82) is 0 Å². The van der Waals surface area contributed by atoms with Crippen molar-refractivity contribution in [2.45, 2.75) is 6.54 Å². The number of aromatic carboxylic acids is 1. The number of hydrogen-bond acceptors (Lipinski definition) is 4. The largest absolute Gasteiger partial charge is 0.477 e. The summed E-state index contributed by atoms with van der Waals surface area (Å²) in [5.74, 6) is -1.82. The summed E-state index contributed by atoms with van der Waals surface area (Å²) >= 11 is 0. The van der Waals surface area contributed by atoms with Gasteiger partial charge in [0.25, 0.3) is 5.91 Å². The van der Waals surface area contributed by atoms with Crippen LogP contribution < -0.4 is 5.43 Å². The van der Waals surface area contributed by atoms with Crippen LogP contribution in [0.4, 0.5) is 0 Å². The second-order valence-corrected chi connectivity index (χ2v) is 4.86. The van der Waals surface area contributed by atoms with Crippen LogP contribution in [0.1, 0.15) is 26.5 Å². The van der Waals surface area contributed by atoms with Crippen LogP contribution in [-0.2, 0) is 11.3 Å². The van der Waals surface area contributed by atoms with E-state index in [-0.39, 0.29) is 24.7 Å². The van der Waals surface area contributed by atoms with Crippen LogP contribution in [0.2, 0.25) is 0 Å². The number of H-pyrrole nitrogens is 1. The van der Waals surface area contributed by atoms with E-state index in [0.29, 0.717) is 0 Å². The molecule has 23 heavy (non-hydrogen) atoms. The normalized spacial score (nSPS) is 10.3. The number of carbonyl (C=O) groups is 2. The lowest BCUT2D eigenvalue weighted by atomic mass is 10.2. The van der Waals surface area contributed by atoms with Crippen molar-refractivity contribution in [2.24, 2.45) is 0 Å². The number of hydrogen-bond donors (Lipinski definition) is 2. The summed E-state index contributed by atoms with van der Waals surface area (Å²) in [6.07, 6.45) is 0. The van der Waals surface area contributed by atoms with E-state index in [9.17, 15) is 14.4 Å². The lowest BCUT2D eigenvalue weighted by Crippen LogP contribution is -2.34. The number of rotatable bonds is 6. The van der Waals surface area contributed by atoms with Gasteiger partial charge in [0.05, 0.1) is 0 Å². The average Bonchev–Trinajstić information content (AvgIpc) is 2.54. The Morgan fingerprint density at radius 3 is 2.43 bits per heavy atom. The smallest absolute Gasteiger partial charge is 0.352 e. The lowest BCUT2D eigenvalue weighted by molar-refractivity contribution is 0.0384. The van der Waals surface area contributed by atoms with Gasteiger partial charge in [-0.25, -0.2) is 4.79 Å². The first-order chi connectivity index (χ1) is 11.0. The Balaban J connectivity index is 2.30. The van der Waals surface area contributed by atoms with Crippen molar-refractivity contribution in [2.75, 3.05) is 13.8 Å². The Bertz CT molecular complexity index is 755. The minimum atomic E-state index is -1.31. The number of aromatic amines is 1. The van der Waals surface area contributed by atoms with Crippen LogP contribution in [-0.4, -0.2) is 40.7 Å². The lowest BCUT2D eigenvalue weighted by Gasteiger charge is -2.21. The molecule has 2 N–H and O–H groups in total. The standard InChI is InChI=1S/C16H16N2O5/c1-23-10-18(9-11-5-3-2-4-6-11)15(20)13-7-12(19)8-14(17-13)16(21)22/h2-8H,9-10H2,1H3,(H,17,19)(H,21,22). The molecule has 1 amide bonds. The number of ether oxygens (including phenoxy) is 1. The summed E-state index contributed by atoms with van der Waals surface area (Å²) in [6, 6.07) is 11.3. The maximum atomic E-state index is 12.5.